The lowest BCUT2D eigenvalue weighted by Gasteiger charge is -2.12. The molecule has 27 heavy (non-hydrogen) atoms. The van der Waals surface area contributed by atoms with Gasteiger partial charge >= 0.3 is 0 Å². The van der Waals surface area contributed by atoms with E-state index < -0.39 is 0 Å². The first kappa shape index (κ1) is 17.5. The molecule has 1 fully saturated rings. The summed E-state index contributed by atoms with van der Waals surface area (Å²) in [7, 11) is 0. The van der Waals surface area contributed by atoms with Gasteiger partial charge in [-0.25, -0.2) is 0 Å². The molecule has 0 saturated carbocycles. The van der Waals surface area contributed by atoms with Gasteiger partial charge in [-0.05, 0) is 30.5 Å². The summed E-state index contributed by atoms with van der Waals surface area (Å²) in [6.07, 6.45) is 2.50. The molecule has 2 unspecified atom stereocenters. The van der Waals surface area contributed by atoms with Crippen molar-refractivity contribution < 1.29 is 19.1 Å². The van der Waals surface area contributed by atoms with Crippen molar-refractivity contribution >= 4 is 17.3 Å². The molecule has 2 aromatic carbocycles. The van der Waals surface area contributed by atoms with Gasteiger partial charge in [-0.2, -0.15) is 0 Å². The number of oxime groups is 1. The zero-order valence-electron chi connectivity index (χ0n) is 15.0. The first-order valence-electron chi connectivity index (χ1n) is 9.21. The molecule has 0 bridgehead atoms. The Hall–Kier alpha value is -2.86. The maximum absolute atomic E-state index is 12.5. The Balaban J connectivity index is 1.32. The third kappa shape index (κ3) is 4.46. The smallest absolute Gasteiger partial charge is 0.273 e. The summed E-state index contributed by atoms with van der Waals surface area (Å²) in [5, 5.41) is 6.82. The molecule has 1 amide bonds. The monoisotopic (exact) mass is 366 g/mol. The molecule has 2 aliphatic heterocycles. The number of carbonyl (C=O) groups excluding carboxylic acids is 1. The van der Waals surface area contributed by atoms with Gasteiger partial charge in [0.1, 0.15) is 18.1 Å². The van der Waals surface area contributed by atoms with Crippen LogP contribution in [0.15, 0.2) is 59.8 Å². The fourth-order valence-electron chi connectivity index (χ4n) is 3.19. The first-order valence-corrected chi connectivity index (χ1v) is 9.21. The van der Waals surface area contributed by atoms with E-state index in [1.54, 1.807) is 6.07 Å². The molecule has 0 aromatic heterocycles. The van der Waals surface area contributed by atoms with Crippen LogP contribution in [0.2, 0.25) is 0 Å². The molecule has 4 rings (SSSR count). The summed E-state index contributed by atoms with van der Waals surface area (Å²) in [4.78, 5) is 17.9. The second kappa shape index (κ2) is 8.22. The average molecular weight is 366 g/mol. The third-order valence-corrected chi connectivity index (χ3v) is 4.65. The van der Waals surface area contributed by atoms with E-state index in [1.807, 2.05) is 48.5 Å². The predicted octanol–water partition coefficient (Wildman–Crippen LogP) is 3.70. The van der Waals surface area contributed by atoms with Gasteiger partial charge in [0.15, 0.2) is 6.10 Å². The van der Waals surface area contributed by atoms with E-state index in [1.165, 1.54) is 0 Å². The van der Waals surface area contributed by atoms with Crippen LogP contribution in [0, 0.1) is 0 Å². The Morgan fingerprint density at radius 2 is 2.07 bits per heavy atom. The van der Waals surface area contributed by atoms with E-state index in [9.17, 15) is 4.79 Å². The van der Waals surface area contributed by atoms with Crippen LogP contribution in [0.5, 0.6) is 5.75 Å². The molecule has 6 heteroatoms. The normalized spacial score (nSPS) is 21.4. The van der Waals surface area contributed by atoms with Crippen LogP contribution in [-0.4, -0.2) is 30.9 Å². The summed E-state index contributed by atoms with van der Waals surface area (Å²) in [5.41, 5.74) is 2.05. The molecule has 2 heterocycles. The molecule has 0 aliphatic carbocycles. The van der Waals surface area contributed by atoms with Crippen LogP contribution in [0.1, 0.15) is 30.9 Å². The van der Waals surface area contributed by atoms with E-state index >= 15 is 0 Å². The van der Waals surface area contributed by atoms with Gasteiger partial charge in [0.05, 0.1) is 6.10 Å². The highest BCUT2D eigenvalue weighted by Crippen LogP contribution is 2.27. The van der Waals surface area contributed by atoms with E-state index in [0.29, 0.717) is 30.2 Å². The predicted molar refractivity (Wildman–Crippen MR) is 102 cm³/mol. The second-order valence-electron chi connectivity index (χ2n) is 6.67. The first-order chi connectivity index (χ1) is 13.3. The van der Waals surface area contributed by atoms with Crippen molar-refractivity contribution in [1.29, 1.82) is 0 Å². The van der Waals surface area contributed by atoms with Gasteiger partial charge in [-0.15, -0.1) is 0 Å². The molecule has 1 saturated heterocycles. The molecule has 2 aromatic rings. The Bertz CT molecular complexity index is 816. The summed E-state index contributed by atoms with van der Waals surface area (Å²) < 4.78 is 11.3. The molecule has 140 valence electrons. The van der Waals surface area contributed by atoms with Crippen LogP contribution >= 0.6 is 0 Å². The summed E-state index contributed by atoms with van der Waals surface area (Å²) in [6.45, 7) is 1.33. The summed E-state index contributed by atoms with van der Waals surface area (Å²) in [5.74, 6) is 0.444. The molecule has 2 aliphatic rings. The summed E-state index contributed by atoms with van der Waals surface area (Å²) >= 11 is 0. The lowest BCUT2D eigenvalue weighted by atomic mass is 10.0. The third-order valence-electron chi connectivity index (χ3n) is 4.65. The maximum Gasteiger partial charge on any atom is 0.273 e. The quantitative estimate of drug-likeness (QED) is 0.846. The van der Waals surface area contributed by atoms with Crippen molar-refractivity contribution in [3.05, 3.63) is 60.2 Å². The van der Waals surface area contributed by atoms with Crippen molar-refractivity contribution in [2.24, 2.45) is 5.16 Å². The van der Waals surface area contributed by atoms with Crippen LogP contribution in [0.3, 0.4) is 0 Å². The van der Waals surface area contributed by atoms with Crippen molar-refractivity contribution in [2.75, 3.05) is 18.5 Å². The Morgan fingerprint density at radius 3 is 2.89 bits per heavy atom. The molecule has 0 radical (unpaired) electrons. The number of ether oxygens (including phenoxy) is 2. The highest BCUT2D eigenvalue weighted by atomic mass is 16.6. The van der Waals surface area contributed by atoms with Crippen molar-refractivity contribution in [1.82, 2.24) is 0 Å². The van der Waals surface area contributed by atoms with Crippen molar-refractivity contribution in [3.8, 4) is 5.75 Å². The Morgan fingerprint density at radius 1 is 1.19 bits per heavy atom. The number of benzene rings is 2. The van der Waals surface area contributed by atoms with Crippen molar-refractivity contribution in [2.45, 2.75) is 31.5 Å². The van der Waals surface area contributed by atoms with Gasteiger partial charge < -0.3 is 19.6 Å². The minimum Gasteiger partial charge on any atom is -0.491 e. The molecule has 1 N–H and O–H groups in total. The Kier molecular flexibility index (Phi) is 5.34. The van der Waals surface area contributed by atoms with Gasteiger partial charge in [-0.1, -0.05) is 41.6 Å². The van der Waals surface area contributed by atoms with Gasteiger partial charge in [-0.3, -0.25) is 4.79 Å². The number of hydrogen-bond acceptors (Lipinski definition) is 5. The number of anilines is 1. The number of nitrogens with zero attached hydrogens (tertiary/aromatic N) is 1. The fraction of sp³-hybridized carbons (Fsp3) is 0.333. The molecule has 2 atom stereocenters. The van der Waals surface area contributed by atoms with Gasteiger partial charge in [0.25, 0.3) is 5.91 Å². The van der Waals surface area contributed by atoms with E-state index in [2.05, 4.69) is 10.5 Å². The van der Waals surface area contributed by atoms with E-state index in [-0.39, 0.29) is 18.1 Å². The topological polar surface area (TPSA) is 69.2 Å². The van der Waals surface area contributed by atoms with Crippen LogP contribution in [0.4, 0.5) is 5.69 Å². The average Bonchev–Trinajstić information content (AvgIpc) is 3.39. The number of rotatable bonds is 6. The van der Waals surface area contributed by atoms with Crippen LogP contribution < -0.4 is 10.1 Å². The number of nitrogens with one attached hydrogen (secondary N) is 1. The largest absolute Gasteiger partial charge is 0.491 e. The van der Waals surface area contributed by atoms with E-state index in [4.69, 9.17) is 14.3 Å². The molecular weight excluding hydrogens is 344 g/mol. The Labute approximate surface area is 158 Å². The molecular formula is C21H22N2O4. The van der Waals surface area contributed by atoms with Crippen molar-refractivity contribution in [3.63, 3.8) is 0 Å². The number of hydrogen-bond donors (Lipinski definition) is 1. The van der Waals surface area contributed by atoms with E-state index in [0.717, 1.165) is 25.0 Å². The standard InChI is InChI=1S/C21H22N2O4/c24-21(19-13-20(27-23-19)15-6-2-1-3-7-15)22-16-8-4-9-17(12-16)26-14-18-10-5-11-25-18/h1-4,6-9,12,18,20H,5,10-11,13-14H2,(H,22,24). The zero-order valence-corrected chi connectivity index (χ0v) is 15.0. The lowest BCUT2D eigenvalue weighted by molar-refractivity contribution is -0.110. The van der Waals surface area contributed by atoms with Crippen LogP contribution in [0.25, 0.3) is 0 Å². The minimum absolute atomic E-state index is 0.156. The number of carbonyl (C=O) groups is 1. The highest BCUT2D eigenvalue weighted by molar-refractivity contribution is 6.43. The summed E-state index contributed by atoms with van der Waals surface area (Å²) in [6, 6.07) is 17.1. The number of amides is 1. The zero-order chi connectivity index (χ0) is 18.5. The van der Waals surface area contributed by atoms with Gasteiger partial charge in [0, 0.05) is 24.8 Å². The molecule has 0 spiro atoms. The second-order valence-corrected chi connectivity index (χ2v) is 6.67. The minimum atomic E-state index is -0.260. The fourth-order valence-corrected chi connectivity index (χ4v) is 3.19. The van der Waals surface area contributed by atoms with Gasteiger partial charge in [0.2, 0.25) is 0 Å². The SMILES string of the molecule is O=C(Nc1cccc(OCC2CCCO2)c1)C1=NOC(c2ccccc2)C1. The maximum atomic E-state index is 12.5. The lowest BCUT2D eigenvalue weighted by Crippen LogP contribution is -2.22. The molecule has 6 nitrogen and oxygen atoms in total. The highest BCUT2D eigenvalue weighted by Gasteiger charge is 2.27. The van der Waals surface area contributed by atoms with Crippen LogP contribution in [-0.2, 0) is 14.4 Å².